The number of hydrogen-bond donors (Lipinski definition) is 0. The van der Waals surface area contributed by atoms with E-state index in [9.17, 15) is 9.18 Å². The molecule has 3 heterocycles. The van der Waals surface area contributed by atoms with Crippen molar-refractivity contribution in [3.05, 3.63) is 125 Å². The van der Waals surface area contributed by atoms with Crippen molar-refractivity contribution in [3.63, 3.8) is 0 Å². The number of rotatable bonds is 10. The van der Waals surface area contributed by atoms with Crippen LogP contribution in [0.4, 0.5) is 13.2 Å². The molecule has 13 heteroatoms. The van der Waals surface area contributed by atoms with Crippen LogP contribution in [0.5, 0.6) is 5.88 Å². The van der Waals surface area contributed by atoms with E-state index in [4.69, 9.17) is 19.7 Å². The summed E-state index contributed by atoms with van der Waals surface area (Å²) in [7, 11) is 1.30. The lowest BCUT2D eigenvalue weighted by Gasteiger charge is -2.19. The van der Waals surface area contributed by atoms with Gasteiger partial charge in [-0.15, -0.1) is 0 Å². The van der Waals surface area contributed by atoms with E-state index in [1.807, 2.05) is 10.6 Å². The highest BCUT2D eigenvalue weighted by molar-refractivity contribution is 5.93. The second-order valence-corrected chi connectivity index (χ2v) is 11.5. The third kappa shape index (κ3) is 5.84. The highest BCUT2D eigenvalue weighted by atomic mass is 19.1. The standard InChI is InChI=1S/C35H26F3N7O3/c1-47-34(46)22-7-8-30-31(13-22)44(18-35(9-10-35)45-20-40-19-41-45)32(42-30)14-24-12-28(38)25(15-27(24)37)29-3-2-4-33(43-29)48-17-23-6-5-21(16-39)11-26(23)36/h2-8,11-13,15,19-20H,9-10,14,17-18H2,1H3. The lowest BCUT2D eigenvalue weighted by molar-refractivity contribution is 0.0601. The molecule has 48 heavy (non-hydrogen) atoms. The Bertz CT molecular complexity index is 2220. The number of carbonyl (C=O) groups is 1. The number of methoxy groups -OCH3 is 1. The molecule has 0 atom stereocenters. The van der Waals surface area contributed by atoms with Crippen LogP contribution in [0.3, 0.4) is 0 Å². The van der Waals surface area contributed by atoms with Gasteiger partial charge in [0.25, 0.3) is 0 Å². The number of ether oxygens (including phenoxy) is 2. The van der Waals surface area contributed by atoms with E-state index in [1.54, 1.807) is 35.3 Å². The van der Waals surface area contributed by atoms with Crippen molar-refractivity contribution in [1.82, 2.24) is 29.3 Å². The summed E-state index contributed by atoms with van der Waals surface area (Å²) in [5.41, 5.74) is 1.74. The molecular formula is C35H26F3N7O3. The number of nitrogens with zero attached hydrogens (tertiary/aromatic N) is 7. The van der Waals surface area contributed by atoms with E-state index in [0.29, 0.717) is 29.0 Å². The van der Waals surface area contributed by atoms with Crippen molar-refractivity contribution in [2.75, 3.05) is 7.11 Å². The molecule has 0 bridgehead atoms. The molecule has 0 radical (unpaired) electrons. The van der Waals surface area contributed by atoms with Crippen LogP contribution >= 0.6 is 0 Å². The van der Waals surface area contributed by atoms with Gasteiger partial charge in [-0.2, -0.15) is 10.4 Å². The van der Waals surface area contributed by atoms with Crippen LogP contribution in [0.2, 0.25) is 0 Å². The van der Waals surface area contributed by atoms with Gasteiger partial charge in [0.05, 0.1) is 46.6 Å². The first-order chi connectivity index (χ1) is 23.3. The number of benzene rings is 3. The number of pyridine rings is 1. The number of hydrogen-bond acceptors (Lipinski definition) is 8. The summed E-state index contributed by atoms with van der Waals surface area (Å²) in [5, 5.41) is 13.3. The van der Waals surface area contributed by atoms with Gasteiger partial charge in [0.1, 0.15) is 42.5 Å². The average Bonchev–Trinajstić information content (AvgIpc) is 3.50. The Balaban J connectivity index is 1.18. The van der Waals surface area contributed by atoms with Gasteiger partial charge in [0, 0.05) is 30.2 Å². The fourth-order valence-electron chi connectivity index (χ4n) is 5.70. The second-order valence-electron chi connectivity index (χ2n) is 11.5. The Morgan fingerprint density at radius 3 is 2.54 bits per heavy atom. The fourth-order valence-corrected chi connectivity index (χ4v) is 5.70. The van der Waals surface area contributed by atoms with Crippen molar-refractivity contribution in [3.8, 4) is 23.2 Å². The quantitative estimate of drug-likeness (QED) is 0.163. The predicted molar refractivity (Wildman–Crippen MR) is 166 cm³/mol. The first-order valence-electron chi connectivity index (χ1n) is 15.0. The number of esters is 1. The third-order valence-corrected chi connectivity index (χ3v) is 8.47. The molecule has 0 spiro atoms. The molecule has 0 unspecified atom stereocenters. The van der Waals surface area contributed by atoms with E-state index in [2.05, 4.69) is 15.1 Å². The number of nitriles is 1. The monoisotopic (exact) mass is 649 g/mol. The van der Waals surface area contributed by atoms with E-state index in [1.165, 1.54) is 37.7 Å². The summed E-state index contributed by atoms with van der Waals surface area (Å²) in [6.07, 6.45) is 4.75. The first-order valence-corrected chi connectivity index (χ1v) is 15.0. The van der Waals surface area contributed by atoms with E-state index in [-0.39, 0.29) is 52.4 Å². The number of imidazole rings is 1. The van der Waals surface area contributed by atoms with Gasteiger partial charge in [-0.3, -0.25) is 0 Å². The molecule has 1 fully saturated rings. The Morgan fingerprint density at radius 2 is 1.81 bits per heavy atom. The molecule has 240 valence electrons. The van der Waals surface area contributed by atoms with Crippen molar-refractivity contribution >= 4 is 17.0 Å². The van der Waals surface area contributed by atoms with Gasteiger partial charge in [-0.1, -0.05) is 12.1 Å². The highest BCUT2D eigenvalue weighted by Gasteiger charge is 2.46. The van der Waals surface area contributed by atoms with Gasteiger partial charge in [-0.25, -0.2) is 37.6 Å². The summed E-state index contributed by atoms with van der Waals surface area (Å²) in [5.74, 6) is -1.90. The summed E-state index contributed by atoms with van der Waals surface area (Å²) in [4.78, 5) is 25.5. The topological polar surface area (TPSA) is 121 Å². The molecule has 0 amide bonds. The van der Waals surface area contributed by atoms with Crippen LogP contribution in [0, 0.1) is 28.8 Å². The third-order valence-electron chi connectivity index (χ3n) is 8.47. The zero-order valence-electron chi connectivity index (χ0n) is 25.5. The van der Waals surface area contributed by atoms with Crippen LogP contribution in [0.15, 0.2) is 79.4 Å². The Morgan fingerprint density at radius 1 is 0.979 bits per heavy atom. The highest BCUT2D eigenvalue weighted by Crippen LogP contribution is 2.45. The Hall–Kier alpha value is -6.03. The summed E-state index contributed by atoms with van der Waals surface area (Å²) >= 11 is 0. The lowest BCUT2D eigenvalue weighted by Crippen LogP contribution is -2.25. The van der Waals surface area contributed by atoms with E-state index in [0.717, 1.165) is 31.0 Å². The number of aromatic nitrogens is 6. The molecule has 0 N–H and O–H groups in total. The normalized spacial score (nSPS) is 13.3. The van der Waals surface area contributed by atoms with Crippen molar-refractivity contribution < 1.29 is 27.4 Å². The van der Waals surface area contributed by atoms with Crippen LogP contribution in [-0.2, 0) is 29.8 Å². The van der Waals surface area contributed by atoms with Crippen LogP contribution in [0.25, 0.3) is 22.3 Å². The minimum atomic E-state index is -0.703. The van der Waals surface area contributed by atoms with Gasteiger partial charge in [-0.05, 0) is 66.9 Å². The summed E-state index contributed by atoms with van der Waals surface area (Å²) < 4.78 is 60.0. The largest absolute Gasteiger partial charge is 0.473 e. The predicted octanol–water partition coefficient (Wildman–Crippen LogP) is 6.12. The molecule has 0 saturated heterocycles. The first kappa shape index (κ1) is 30.6. The molecule has 0 aliphatic heterocycles. The van der Waals surface area contributed by atoms with E-state index < -0.39 is 23.4 Å². The Kier molecular flexibility index (Phi) is 7.84. The smallest absolute Gasteiger partial charge is 0.337 e. The summed E-state index contributed by atoms with van der Waals surface area (Å²) in [6, 6.07) is 17.7. The van der Waals surface area contributed by atoms with Gasteiger partial charge in [0.2, 0.25) is 5.88 Å². The van der Waals surface area contributed by atoms with Crippen LogP contribution < -0.4 is 4.74 Å². The zero-order chi connectivity index (χ0) is 33.4. The molecule has 10 nitrogen and oxygen atoms in total. The lowest BCUT2D eigenvalue weighted by atomic mass is 10.0. The van der Waals surface area contributed by atoms with Gasteiger partial charge < -0.3 is 14.0 Å². The molecule has 1 saturated carbocycles. The number of halogens is 3. The second kappa shape index (κ2) is 12.3. The summed E-state index contributed by atoms with van der Waals surface area (Å²) in [6.45, 7) is 0.252. The van der Waals surface area contributed by atoms with Crippen molar-refractivity contribution in [2.24, 2.45) is 0 Å². The van der Waals surface area contributed by atoms with Gasteiger partial charge >= 0.3 is 5.97 Å². The number of fused-ring (bicyclic) bond motifs is 1. The molecule has 3 aromatic heterocycles. The number of carbonyl (C=O) groups excluding carboxylic acids is 1. The molecule has 7 rings (SSSR count). The molecule has 1 aliphatic carbocycles. The molecule has 1 aliphatic rings. The van der Waals surface area contributed by atoms with E-state index >= 15 is 8.78 Å². The average molecular weight is 650 g/mol. The molecule has 6 aromatic rings. The fraction of sp³-hybridized carbons (Fsp3) is 0.200. The zero-order valence-corrected chi connectivity index (χ0v) is 25.5. The van der Waals surface area contributed by atoms with Crippen molar-refractivity contribution in [2.45, 2.75) is 38.0 Å². The SMILES string of the molecule is COC(=O)c1ccc2nc(Cc3cc(F)c(-c4cccc(OCc5ccc(C#N)cc5F)n4)cc3F)n(CC3(n4cncn4)CC3)c2c1. The minimum absolute atomic E-state index is 0.0363. The Labute approximate surface area is 272 Å². The maximum absolute atomic E-state index is 15.7. The molecule has 3 aromatic carbocycles. The van der Waals surface area contributed by atoms with Gasteiger partial charge in [0.15, 0.2) is 0 Å². The molecular weight excluding hydrogens is 623 g/mol. The van der Waals surface area contributed by atoms with Crippen LogP contribution in [0.1, 0.15) is 45.7 Å². The van der Waals surface area contributed by atoms with Crippen molar-refractivity contribution in [1.29, 1.82) is 5.26 Å². The maximum Gasteiger partial charge on any atom is 0.337 e. The minimum Gasteiger partial charge on any atom is -0.473 e. The maximum atomic E-state index is 15.7. The van der Waals surface area contributed by atoms with Crippen LogP contribution in [-0.4, -0.2) is 42.4 Å².